The average molecular weight is 305 g/mol. The molecule has 0 fully saturated rings. The fourth-order valence-electron chi connectivity index (χ4n) is 1.45. The first kappa shape index (κ1) is 16.4. The van der Waals surface area contributed by atoms with Gasteiger partial charge in [-0.25, -0.2) is 13.1 Å². The van der Waals surface area contributed by atoms with E-state index in [-0.39, 0.29) is 29.6 Å². The molecule has 0 saturated heterocycles. The van der Waals surface area contributed by atoms with Gasteiger partial charge in [-0.2, -0.15) is 5.10 Å². The van der Waals surface area contributed by atoms with Crippen LogP contribution >= 0.6 is 0 Å². The molecule has 0 bridgehead atoms. The third kappa shape index (κ3) is 4.79. The fraction of sp³-hybridized carbons (Fsp3) is 0.600. The summed E-state index contributed by atoms with van der Waals surface area (Å²) in [7, 11) is -0.660. The van der Waals surface area contributed by atoms with Gasteiger partial charge in [-0.15, -0.1) is 0 Å². The van der Waals surface area contributed by atoms with Crippen molar-refractivity contribution in [3.63, 3.8) is 0 Å². The first-order valence-corrected chi connectivity index (χ1v) is 7.39. The molecule has 20 heavy (non-hydrogen) atoms. The third-order valence-electron chi connectivity index (χ3n) is 2.38. The first-order chi connectivity index (χ1) is 9.36. The van der Waals surface area contributed by atoms with Crippen LogP contribution in [0.4, 0.5) is 5.82 Å². The van der Waals surface area contributed by atoms with Gasteiger partial charge in [-0.05, 0) is 0 Å². The van der Waals surface area contributed by atoms with E-state index in [4.69, 9.17) is 10.5 Å². The zero-order valence-electron chi connectivity index (χ0n) is 11.4. The topological polar surface area (TPSA) is 128 Å². The molecule has 0 aliphatic heterocycles. The van der Waals surface area contributed by atoms with Gasteiger partial charge < -0.3 is 15.8 Å². The van der Waals surface area contributed by atoms with E-state index in [1.54, 1.807) is 7.05 Å². The molecule has 1 aromatic heterocycles. The van der Waals surface area contributed by atoms with Crippen molar-refractivity contribution in [3.8, 4) is 0 Å². The van der Waals surface area contributed by atoms with Gasteiger partial charge in [0.1, 0.15) is 4.90 Å². The van der Waals surface area contributed by atoms with Crippen LogP contribution in [0.2, 0.25) is 0 Å². The van der Waals surface area contributed by atoms with Gasteiger partial charge in [-0.1, -0.05) is 0 Å². The summed E-state index contributed by atoms with van der Waals surface area (Å²) in [6, 6.07) is 0. The second-order valence-electron chi connectivity index (χ2n) is 4.04. The van der Waals surface area contributed by atoms with Crippen LogP contribution in [0.3, 0.4) is 0 Å². The number of rotatable bonds is 8. The van der Waals surface area contributed by atoms with Crippen LogP contribution in [0, 0.1) is 0 Å². The van der Waals surface area contributed by atoms with Gasteiger partial charge in [0.25, 0.3) is 0 Å². The van der Waals surface area contributed by atoms with Gasteiger partial charge >= 0.3 is 0 Å². The number of ether oxygens (including phenoxy) is 1. The van der Waals surface area contributed by atoms with Gasteiger partial charge in [0.05, 0.1) is 6.61 Å². The van der Waals surface area contributed by atoms with Gasteiger partial charge in [0.15, 0.2) is 5.82 Å². The number of sulfonamides is 1. The minimum Gasteiger partial charge on any atom is -0.383 e. The standard InChI is InChI=1S/C10H19N5O4S/c1-15-7-8(10(11)14-15)20(17,18)13-4-3-9(16)12-5-6-19-2/h7,13H,3-6H2,1-2H3,(H2,11,14)(H,12,16). The summed E-state index contributed by atoms with van der Waals surface area (Å²) in [6.45, 7) is 0.775. The van der Waals surface area contributed by atoms with Crippen LogP contribution in [-0.2, 0) is 26.6 Å². The molecule has 10 heteroatoms. The van der Waals surface area contributed by atoms with Crippen LogP contribution < -0.4 is 15.8 Å². The lowest BCUT2D eigenvalue weighted by Crippen LogP contribution is -2.32. The molecule has 0 aliphatic carbocycles. The normalized spacial score (nSPS) is 11.5. The molecule has 0 radical (unpaired) electrons. The number of nitrogens with two attached hydrogens (primary N) is 1. The van der Waals surface area contributed by atoms with E-state index in [2.05, 4.69) is 15.1 Å². The van der Waals surface area contributed by atoms with Crippen molar-refractivity contribution in [2.75, 3.05) is 32.5 Å². The molecule has 114 valence electrons. The molecule has 9 nitrogen and oxygen atoms in total. The molecule has 4 N–H and O–H groups in total. The number of nitrogens with zero attached hydrogens (tertiary/aromatic N) is 2. The van der Waals surface area contributed by atoms with E-state index in [9.17, 15) is 13.2 Å². The SMILES string of the molecule is COCCNC(=O)CCNS(=O)(=O)c1cn(C)nc1N. The number of methoxy groups -OCH3 is 1. The van der Waals surface area contributed by atoms with Gasteiger partial charge in [-0.3, -0.25) is 9.48 Å². The summed E-state index contributed by atoms with van der Waals surface area (Å²) >= 11 is 0. The zero-order valence-corrected chi connectivity index (χ0v) is 12.2. The molecular weight excluding hydrogens is 286 g/mol. The summed E-state index contributed by atoms with van der Waals surface area (Å²) in [4.78, 5) is 11.3. The monoisotopic (exact) mass is 305 g/mol. The number of aryl methyl sites for hydroxylation is 1. The maximum absolute atomic E-state index is 11.9. The highest BCUT2D eigenvalue weighted by Crippen LogP contribution is 2.14. The molecule has 1 amide bonds. The summed E-state index contributed by atoms with van der Waals surface area (Å²) in [5, 5.41) is 6.34. The second kappa shape index (κ2) is 7.22. The highest BCUT2D eigenvalue weighted by molar-refractivity contribution is 7.89. The Morgan fingerprint density at radius 3 is 2.75 bits per heavy atom. The maximum Gasteiger partial charge on any atom is 0.245 e. The van der Waals surface area contributed by atoms with Crippen LogP contribution in [-0.4, -0.2) is 50.9 Å². The van der Waals surface area contributed by atoms with Crippen molar-refractivity contribution in [2.45, 2.75) is 11.3 Å². The Balaban J connectivity index is 2.45. The van der Waals surface area contributed by atoms with Gasteiger partial charge in [0, 0.05) is 39.9 Å². The summed E-state index contributed by atoms with van der Waals surface area (Å²) in [6.07, 6.45) is 1.33. The summed E-state index contributed by atoms with van der Waals surface area (Å²) in [5.41, 5.74) is 5.50. The van der Waals surface area contributed by atoms with Crippen LogP contribution in [0.5, 0.6) is 0 Å². The van der Waals surface area contributed by atoms with Crippen LogP contribution in [0.15, 0.2) is 11.1 Å². The van der Waals surface area contributed by atoms with Crippen molar-refractivity contribution in [1.82, 2.24) is 19.8 Å². The number of hydrogen-bond donors (Lipinski definition) is 3. The number of hydrogen-bond acceptors (Lipinski definition) is 6. The van der Waals surface area contributed by atoms with E-state index in [1.807, 2.05) is 0 Å². The smallest absolute Gasteiger partial charge is 0.245 e. The quantitative estimate of drug-likeness (QED) is 0.498. The lowest BCUT2D eigenvalue weighted by molar-refractivity contribution is -0.121. The molecule has 0 spiro atoms. The molecule has 0 unspecified atom stereocenters. The Hall–Kier alpha value is -1.65. The number of aromatic nitrogens is 2. The molecule has 0 aliphatic rings. The Kier molecular flexibility index (Phi) is 5.92. The maximum atomic E-state index is 11.9. The van der Waals surface area contributed by atoms with Crippen LogP contribution in [0.1, 0.15) is 6.42 Å². The second-order valence-corrected chi connectivity index (χ2v) is 5.78. The van der Waals surface area contributed by atoms with Crippen molar-refractivity contribution in [3.05, 3.63) is 6.20 Å². The van der Waals surface area contributed by atoms with E-state index in [0.717, 1.165) is 0 Å². The number of nitrogen functional groups attached to an aromatic ring is 1. The molecule has 0 aromatic carbocycles. The minimum absolute atomic E-state index is 0.0184. The zero-order chi connectivity index (χ0) is 15.2. The lowest BCUT2D eigenvalue weighted by atomic mass is 10.4. The summed E-state index contributed by atoms with van der Waals surface area (Å²) in [5.74, 6) is -0.339. The highest BCUT2D eigenvalue weighted by atomic mass is 32.2. The number of anilines is 1. The van der Waals surface area contributed by atoms with Crippen molar-refractivity contribution in [1.29, 1.82) is 0 Å². The number of nitrogens with one attached hydrogen (secondary N) is 2. The minimum atomic E-state index is -3.75. The van der Waals surface area contributed by atoms with Crippen molar-refractivity contribution < 1.29 is 17.9 Å². The average Bonchev–Trinajstić information content (AvgIpc) is 2.69. The Morgan fingerprint density at radius 1 is 1.50 bits per heavy atom. The molecule has 1 aromatic rings. The van der Waals surface area contributed by atoms with Gasteiger partial charge in [0.2, 0.25) is 15.9 Å². The number of carbonyl (C=O) groups is 1. The number of amides is 1. The predicted molar refractivity (Wildman–Crippen MR) is 72.3 cm³/mol. The van der Waals surface area contributed by atoms with E-state index in [0.29, 0.717) is 13.2 Å². The molecule has 0 atom stereocenters. The Labute approximate surface area is 117 Å². The molecular formula is C10H19N5O4S. The fourth-order valence-corrected chi connectivity index (χ4v) is 2.58. The lowest BCUT2D eigenvalue weighted by Gasteiger charge is -2.06. The summed E-state index contributed by atoms with van der Waals surface area (Å²) < 4.78 is 32.2. The molecule has 0 saturated carbocycles. The van der Waals surface area contributed by atoms with Crippen LogP contribution in [0.25, 0.3) is 0 Å². The Bertz CT molecular complexity index is 554. The first-order valence-electron chi connectivity index (χ1n) is 5.91. The predicted octanol–water partition coefficient (Wildman–Crippen LogP) is -1.57. The third-order valence-corrected chi connectivity index (χ3v) is 3.86. The van der Waals surface area contributed by atoms with Crippen molar-refractivity contribution >= 4 is 21.7 Å². The Morgan fingerprint density at radius 2 is 2.20 bits per heavy atom. The van der Waals surface area contributed by atoms with E-state index < -0.39 is 10.0 Å². The highest BCUT2D eigenvalue weighted by Gasteiger charge is 2.20. The molecule has 1 heterocycles. The molecule has 1 rings (SSSR count). The van der Waals surface area contributed by atoms with Crippen molar-refractivity contribution in [2.24, 2.45) is 7.05 Å². The largest absolute Gasteiger partial charge is 0.383 e. The van der Waals surface area contributed by atoms with E-state index in [1.165, 1.54) is 18.0 Å². The number of carbonyl (C=O) groups excluding carboxylic acids is 1. The van der Waals surface area contributed by atoms with E-state index >= 15 is 0 Å².